The van der Waals surface area contributed by atoms with Gasteiger partial charge in [-0.05, 0) is 73.2 Å². The molecule has 2 aromatic carbocycles. The second kappa shape index (κ2) is 17.7. The number of unbranched alkanes of at least 4 members (excludes halogenated alkanes) is 2. The molecule has 0 saturated carbocycles. The fourth-order valence-electron chi connectivity index (χ4n) is 4.21. The molecule has 3 aromatic rings. The summed E-state index contributed by atoms with van der Waals surface area (Å²) >= 11 is 1.64. The number of hydrogen-bond donors (Lipinski definition) is 3. The average molecular weight is 604 g/mol. The van der Waals surface area contributed by atoms with Gasteiger partial charge in [0, 0.05) is 48.2 Å². The minimum absolute atomic E-state index is 0.0578. The van der Waals surface area contributed by atoms with Gasteiger partial charge in [0.1, 0.15) is 5.82 Å². The maximum Gasteiger partial charge on any atom is 0.255 e. The van der Waals surface area contributed by atoms with E-state index in [-0.39, 0.29) is 12.5 Å². The maximum absolute atomic E-state index is 13.5. The Morgan fingerprint density at radius 3 is 2.65 bits per heavy atom. The highest BCUT2D eigenvalue weighted by molar-refractivity contribution is 8.07. The van der Waals surface area contributed by atoms with Gasteiger partial charge in [0.2, 0.25) is 0 Å². The van der Waals surface area contributed by atoms with E-state index in [1.807, 2.05) is 37.5 Å². The van der Waals surface area contributed by atoms with Crippen molar-refractivity contribution in [1.29, 1.82) is 0 Å². The van der Waals surface area contributed by atoms with Crippen molar-refractivity contribution in [2.24, 2.45) is 4.99 Å². The molecule has 226 valence electrons. The van der Waals surface area contributed by atoms with Crippen LogP contribution < -0.4 is 16.0 Å². The number of carbonyl (C=O) groups excluding carboxylic acids is 1. The van der Waals surface area contributed by atoms with Gasteiger partial charge in [-0.1, -0.05) is 50.6 Å². The van der Waals surface area contributed by atoms with E-state index in [0.29, 0.717) is 23.5 Å². The molecule has 1 heterocycles. The highest BCUT2D eigenvalue weighted by Gasteiger charge is 2.12. The molecule has 1 aromatic heterocycles. The summed E-state index contributed by atoms with van der Waals surface area (Å²) in [6.45, 7) is 9.72. The Labute approximate surface area is 257 Å². The fraction of sp³-hybridized carbons (Fsp3) is 0.265. The van der Waals surface area contributed by atoms with Gasteiger partial charge in [0.05, 0.1) is 11.3 Å². The first-order valence-electron chi connectivity index (χ1n) is 14.3. The lowest BCUT2D eigenvalue weighted by Crippen LogP contribution is -2.24. The molecule has 9 heteroatoms. The van der Waals surface area contributed by atoms with Gasteiger partial charge in [0.15, 0.2) is 11.6 Å². The zero-order valence-electron chi connectivity index (χ0n) is 24.9. The zero-order chi connectivity index (χ0) is 31.0. The molecule has 3 rings (SSSR count). The van der Waals surface area contributed by atoms with Crippen molar-refractivity contribution in [3.8, 4) is 0 Å². The number of allylic oxidation sites excluding steroid dienone is 2. The Kier molecular flexibility index (Phi) is 13.7. The third-order valence-electron chi connectivity index (χ3n) is 6.47. The number of carbonyl (C=O) groups is 1. The molecule has 1 amide bonds. The maximum atomic E-state index is 13.5. The lowest BCUT2D eigenvalue weighted by atomic mass is 10.1. The molecule has 43 heavy (non-hydrogen) atoms. The van der Waals surface area contributed by atoms with Gasteiger partial charge in [-0.25, -0.2) is 13.8 Å². The van der Waals surface area contributed by atoms with Gasteiger partial charge < -0.3 is 16.0 Å². The molecule has 0 unspecified atom stereocenters. The van der Waals surface area contributed by atoms with Crippen molar-refractivity contribution >= 4 is 46.0 Å². The average Bonchev–Trinajstić information content (AvgIpc) is 3.02. The van der Waals surface area contributed by atoms with Crippen LogP contribution in [0.2, 0.25) is 0 Å². The minimum atomic E-state index is -0.954. The van der Waals surface area contributed by atoms with Gasteiger partial charge in [0.25, 0.3) is 5.91 Å². The number of hydrogen-bond acceptors (Lipinski definition) is 6. The molecule has 0 aliphatic rings. The van der Waals surface area contributed by atoms with Crippen LogP contribution in [0.1, 0.15) is 60.2 Å². The molecular weight excluding hydrogens is 564 g/mol. The van der Waals surface area contributed by atoms with Crippen LogP contribution in [0.25, 0.3) is 10.6 Å². The molecule has 0 bridgehead atoms. The number of aromatic nitrogens is 1. The summed E-state index contributed by atoms with van der Waals surface area (Å²) in [5.74, 6) is -1.83. The summed E-state index contributed by atoms with van der Waals surface area (Å²) in [5.41, 5.74) is 4.58. The van der Waals surface area contributed by atoms with Crippen molar-refractivity contribution in [2.75, 3.05) is 24.7 Å². The molecule has 0 spiro atoms. The van der Waals surface area contributed by atoms with E-state index in [9.17, 15) is 13.6 Å². The number of nitrogens with zero attached hydrogens (tertiary/aromatic N) is 2. The third-order valence-corrected chi connectivity index (χ3v) is 7.29. The first-order valence-corrected chi connectivity index (χ1v) is 15.5. The van der Waals surface area contributed by atoms with Crippen LogP contribution in [0.4, 0.5) is 20.3 Å². The largest absolute Gasteiger partial charge is 0.385 e. The summed E-state index contributed by atoms with van der Waals surface area (Å²) in [7, 11) is 0. The number of rotatable bonds is 16. The van der Waals surface area contributed by atoms with Crippen molar-refractivity contribution in [2.45, 2.75) is 39.7 Å². The molecule has 3 N–H and O–H groups in total. The van der Waals surface area contributed by atoms with Crippen LogP contribution in [0.15, 0.2) is 84.5 Å². The quantitative estimate of drug-likeness (QED) is 0.0875. The van der Waals surface area contributed by atoms with E-state index >= 15 is 0 Å². The van der Waals surface area contributed by atoms with Gasteiger partial charge in [-0.2, -0.15) is 0 Å². The Morgan fingerprint density at radius 2 is 1.91 bits per heavy atom. The highest BCUT2D eigenvalue weighted by Crippen LogP contribution is 2.32. The number of amides is 1. The number of pyridine rings is 1. The predicted molar refractivity (Wildman–Crippen MR) is 178 cm³/mol. The zero-order valence-corrected chi connectivity index (χ0v) is 25.7. The molecule has 0 aliphatic heterocycles. The van der Waals surface area contributed by atoms with E-state index in [4.69, 9.17) is 0 Å². The van der Waals surface area contributed by atoms with Crippen LogP contribution in [-0.2, 0) is 6.54 Å². The second-order valence-electron chi connectivity index (χ2n) is 9.61. The molecule has 0 fully saturated rings. The highest BCUT2D eigenvalue weighted by atomic mass is 32.2. The monoisotopic (exact) mass is 603 g/mol. The number of thioether (sulfide) groups is 1. The van der Waals surface area contributed by atoms with Gasteiger partial charge >= 0.3 is 0 Å². The van der Waals surface area contributed by atoms with Crippen molar-refractivity contribution in [3.05, 3.63) is 113 Å². The Hall–Kier alpha value is -4.24. The van der Waals surface area contributed by atoms with Crippen molar-refractivity contribution < 1.29 is 13.6 Å². The van der Waals surface area contributed by atoms with Crippen LogP contribution in [0, 0.1) is 11.6 Å². The van der Waals surface area contributed by atoms with Gasteiger partial charge in [-0.15, -0.1) is 11.8 Å². The van der Waals surface area contributed by atoms with Crippen LogP contribution in [-0.4, -0.2) is 36.5 Å². The SMILES string of the molecule is C=C(NCCCCC)c1cc(/C(=C/C=C/CNc2ncccc2C(=O)NCc2ccc(F)c(F)c2)SC)ccc1N=CC. The van der Waals surface area contributed by atoms with Crippen LogP contribution in [0.5, 0.6) is 0 Å². The van der Waals surface area contributed by atoms with E-state index in [1.165, 1.54) is 18.9 Å². The lowest BCUT2D eigenvalue weighted by molar-refractivity contribution is 0.0951. The fourth-order valence-corrected chi connectivity index (χ4v) is 4.79. The van der Waals surface area contributed by atoms with Gasteiger partial charge in [-0.3, -0.25) is 9.79 Å². The smallest absolute Gasteiger partial charge is 0.255 e. The molecule has 0 saturated heterocycles. The topological polar surface area (TPSA) is 78.4 Å². The third kappa shape index (κ3) is 10.2. The Morgan fingerprint density at radius 1 is 1.07 bits per heavy atom. The summed E-state index contributed by atoms with van der Waals surface area (Å²) in [5, 5.41) is 9.35. The summed E-state index contributed by atoms with van der Waals surface area (Å²) < 4.78 is 26.7. The number of halogens is 2. The van der Waals surface area contributed by atoms with Crippen LogP contribution in [0.3, 0.4) is 0 Å². The van der Waals surface area contributed by atoms with Crippen LogP contribution >= 0.6 is 11.8 Å². The van der Waals surface area contributed by atoms with E-state index in [0.717, 1.165) is 52.5 Å². The standard InChI is InChI=1S/C34H39F2N5OS/c1-5-7-9-18-38-24(3)28-22-26(15-17-31(28)37-6-2)32(43-4)13-8-10-19-39-33-27(12-11-20-40-33)34(42)41-23-25-14-16-29(35)30(36)21-25/h6,8,10-17,20-22,38H,3,5,7,9,18-19,23H2,1-2,4H3,(H,39,40)(H,41,42)/b10-8+,32-13-,37-6?. The van der Waals surface area contributed by atoms with E-state index in [1.54, 1.807) is 36.3 Å². The van der Waals surface area contributed by atoms with Crippen molar-refractivity contribution in [1.82, 2.24) is 15.6 Å². The second-order valence-corrected chi connectivity index (χ2v) is 10.5. The number of aliphatic imine (C=N–C) groups is 1. The van der Waals surface area contributed by atoms with E-state index < -0.39 is 11.6 Å². The normalized spacial score (nSPS) is 11.7. The first-order chi connectivity index (χ1) is 20.9. The number of benzene rings is 2. The molecule has 0 aliphatic carbocycles. The number of nitrogens with one attached hydrogen (secondary N) is 3. The number of anilines is 1. The first kappa shape index (κ1) is 33.3. The Bertz CT molecular complexity index is 1490. The summed E-state index contributed by atoms with van der Waals surface area (Å²) in [6, 6.07) is 13.0. The predicted octanol–water partition coefficient (Wildman–Crippen LogP) is 8.13. The molecule has 0 atom stereocenters. The Balaban J connectivity index is 1.65. The lowest BCUT2D eigenvalue weighted by Gasteiger charge is -2.14. The molecule has 0 radical (unpaired) electrons. The minimum Gasteiger partial charge on any atom is -0.385 e. The van der Waals surface area contributed by atoms with E-state index in [2.05, 4.69) is 51.6 Å². The summed E-state index contributed by atoms with van der Waals surface area (Å²) in [4.78, 5) is 22.7. The molecule has 6 nitrogen and oxygen atoms in total. The summed E-state index contributed by atoms with van der Waals surface area (Å²) in [6.07, 6.45) is 14.8. The molecular formula is C34H39F2N5OS. The van der Waals surface area contributed by atoms with Crippen molar-refractivity contribution in [3.63, 3.8) is 0 Å².